The number of H-pyrrole nitrogens is 1. The summed E-state index contributed by atoms with van der Waals surface area (Å²) in [5, 5.41) is 12.5. The van der Waals surface area contributed by atoms with Crippen LogP contribution in [-0.4, -0.2) is 29.9 Å². The molecule has 114 valence electrons. The Bertz CT molecular complexity index is 1010. The predicted molar refractivity (Wildman–Crippen MR) is 88.1 cm³/mol. The van der Waals surface area contributed by atoms with E-state index in [2.05, 4.69) is 31.3 Å². The lowest BCUT2D eigenvalue weighted by Gasteiger charge is -2.10. The van der Waals surface area contributed by atoms with Crippen molar-refractivity contribution in [2.24, 2.45) is 0 Å². The number of nitrogens with two attached hydrogens (primary N) is 1. The van der Waals surface area contributed by atoms with Gasteiger partial charge < -0.3 is 5.73 Å². The zero-order valence-electron chi connectivity index (χ0n) is 12.8. The van der Waals surface area contributed by atoms with Crippen LogP contribution < -0.4 is 5.73 Å². The normalized spacial score (nSPS) is 11.2. The Morgan fingerprint density at radius 1 is 1.17 bits per heavy atom. The molecular weight excluding hydrogens is 290 g/mol. The lowest BCUT2D eigenvalue weighted by Crippen LogP contribution is -2.06. The number of aromatic nitrogens is 6. The number of rotatable bonds is 2. The number of hydrogen-bond donors (Lipinski definition) is 2. The first-order valence-electron chi connectivity index (χ1n) is 7.21. The van der Waals surface area contributed by atoms with Crippen LogP contribution in [0.4, 0.5) is 5.82 Å². The molecule has 3 heterocycles. The molecule has 3 N–H and O–H groups in total. The van der Waals surface area contributed by atoms with Crippen molar-refractivity contribution in [1.29, 1.82) is 0 Å². The monoisotopic (exact) mass is 305 g/mol. The summed E-state index contributed by atoms with van der Waals surface area (Å²) in [6.07, 6.45) is 5.21. The Labute approximate surface area is 132 Å². The summed E-state index contributed by atoms with van der Waals surface area (Å²) < 4.78 is 1.70. The predicted octanol–water partition coefficient (Wildman–Crippen LogP) is 2.40. The largest absolute Gasteiger partial charge is 0.382 e. The van der Waals surface area contributed by atoms with E-state index in [1.807, 2.05) is 32.2 Å². The molecule has 7 nitrogen and oxygen atoms in total. The molecule has 0 saturated heterocycles. The van der Waals surface area contributed by atoms with E-state index in [1.165, 1.54) is 0 Å². The highest BCUT2D eigenvalue weighted by Crippen LogP contribution is 2.28. The maximum absolute atomic E-state index is 5.82. The first-order chi connectivity index (χ1) is 11.1. The molecule has 0 radical (unpaired) electrons. The summed E-state index contributed by atoms with van der Waals surface area (Å²) in [4.78, 5) is 8.91. The third-order valence-electron chi connectivity index (χ3n) is 3.73. The first-order valence-corrected chi connectivity index (χ1v) is 7.21. The second-order valence-electron chi connectivity index (χ2n) is 5.50. The minimum Gasteiger partial charge on any atom is -0.382 e. The van der Waals surface area contributed by atoms with Gasteiger partial charge in [-0.15, -0.1) is 0 Å². The maximum atomic E-state index is 5.82. The van der Waals surface area contributed by atoms with Crippen molar-refractivity contribution in [1.82, 2.24) is 29.9 Å². The van der Waals surface area contributed by atoms with Gasteiger partial charge in [0.25, 0.3) is 0 Å². The average molecular weight is 305 g/mol. The van der Waals surface area contributed by atoms with Crippen molar-refractivity contribution in [3.63, 3.8) is 0 Å². The minimum absolute atomic E-state index is 0.359. The first kappa shape index (κ1) is 13.4. The molecule has 0 aliphatic heterocycles. The van der Waals surface area contributed by atoms with Gasteiger partial charge in [-0.3, -0.25) is 5.10 Å². The highest BCUT2D eigenvalue weighted by atomic mass is 15.3. The summed E-state index contributed by atoms with van der Waals surface area (Å²) in [5.41, 5.74) is 10.5. The standard InChI is InChI=1S/C16H15N7/c1-9-5-11(6-12-7-19-21-14(9)12)15-16(20-13(17)8-18-15)23-4-3-10(2)22-23/h3-8H,1-2H3,(H2,17,20)(H,19,21). The van der Waals surface area contributed by atoms with Gasteiger partial charge in [0.05, 0.1) is 23.6 Å². The van der Waals surface area contributed by atoms with Gasteiger partial charge in [0.1, 0.15) is 11.5 Å². The van der Waals surface area contributed by atoms with E-state index >= 15 is 0 Å². The van der Waals surface area contributed by atoms with Crippen LogP contribution in [0.3, 0.4) is 0 Å². The van der Waals surface area contributed by atoms with Gasteiger partial charge in [-0.1, -0.05) is 0 Å². The summed E-state index contributed by atoms with van der Waals surface area (Å²) in [6.45, 7) is 3.96. The fraction of sp³-hybridized carbons (Fsp3) is 0.125. The second kappa shape index (κ2) is 4.91. The second-order valence-corrected chi connectivity index (χ2v) is 5.50. The van der Waals surface area contributed by atoms with Crippen molar-refractivity contribution >= 4 is 16.7 Å². The number of hydrogen-bond acceptors (Lipinski definition) is 5. The van der Waals surface area contributed by atoms with E-state index in [9.17, 15) is 0 Å². The molecule has 0 saturated carbocycles. The highest BCUT2D eigenvalue weighted by molar-refractivity contribution is 5.87. The topological polar surface area (TPSA) is 98.3 Å². The van der Waals surface area contributed by atoms with Crippen LogP contribution in [0.1, 0.15) is 11.3 Å². The van der Waals surface area contributed by atoms with E-state index < -0.39 is 0 Å². The third kappa shape index (κ3) is 2.22. The van der Waals surface area contributed by atoms with E-state index in [4.69, 9.17) is 5.73 Å². The van der Waals surface area contributed by atoms with E-state index in [0.717, 1.165) is 33.4 Å². The van der Waals surface area contributed by atoms with Crippen molar-refractivity contribution < 1.29 is 0 Å². The van der Waals surface area contributed by atoms with Gasteiger partial charge in [-0.25, -0.2) is 14.6 Å². The molecule has 0 fully saturated rings. The quantitative estimate of drug-likeness (QED) is 0.592. The lowest BCUT2D eigenvalue weighted by atomic mass is 10.0. The Hall–Kier alpha value is -3.22. The van der Waals surface area contributed by atoms with Crippen LogP contribution in [0.15, 0.2) is 36.8 Å². The van der Waals surface area contributed by atoms with Crippen LogP contribution in [0.2, 0.25) is 0 Å². The zero-order valence-corrected chi connectivity index (χ0v) is 12.8. The lowest BCUT2D eigenvalue weighted by molar-refractivity contribution is 0.829. The summed E-state index contributed by atoms with van der Waals surface area (Å²) in [6, 6.07) is 6.01. The number of anilines is 1. The SMILES string of the molecule is Cc1ccn(-c2nc(N)cnc2-c2cc(C)c3[nH]ncc3c2)n1. The number of aryl methyl sites for hydroxylation is 2. The average Bonchev–Trinajstić information content (AvgIpc) is 3.16. The van der Waals surface area contributed by atoms with Gasteiger partial charge in [0.2, 0.25) is 0 Å². The van der Waals surface area contributed by atoms with Gasteiger partial charge in [-0.05, 0) is 37.6 Å². The Morgan fingerprint density at radius 2 is 2.04 bits per heavy atom. The molecule has 3 aromatic heterocycles. The molecular formula is C16H15N7. The Morgan fingerprint density at radius 3 is 2.83 bits per heavy atom. The fourth-order valence-electron chi connectivity index (χ4n) is 2.66. The van der Waals surface area contributed by atoms with Crippen molar-refractivity contribution in [3.05, 3.63) is 48.0 Å². The molecule has 4 rings (SSSR count). The molecule has 23 heavy (non-hydrogen) atoms. The van der Waals surface area contributed by atoms with Crippen LogP contribution in [0.25, 0.3) is 28.0 Å². The third-order valence-corrected chi connectivity index (χ3v) is 3.73. The maximum Gasteiger partial charge on any atom is 0.182 e. The van der Waals surface area contributed by atoms with E-state index in [0.29, 0.717) is 11.6 Å². The summed E-state index contributed by atoms with van der Waals surface area (Å²) >= 11 is 0. The van der Waals surface area contributed by atoms with Crippen LogP contribution in [0, 0.1) is 13.8 Å². The zero-order chi connectivity index (χ0) is 16.0. The number of benzene rings is 1. The van der Waals surface area contributed by atoms with Crippen molar-refractivity contribution in [2.75, 3.05) is 5.73 Å². The summed E-state index contributed by atoms with van der Waals surface area (Å²) in [7, 11) is 0. The van der Waals surface area contributed by atoms with Crippen LogP contribution in [-0.2, 0) is 0 Å². The molecule has 0 aliphatic carbocycles. The fourth-order valence-corrected chi connectivity index (χ4v) is 2.66. The molecule has 1 aromatic carbocycles. The molecule has 0 amide bonds. The number of nitrogens with one attached hydrogen (secondary N) is 1. The van der Waals surface area contributed by atoms with Crippen LogP contribution >= 0.6 is 0 Å². The summed E-state index contributed by atoms with van der Waals surface area (Å²) in [5.74, 6) is 0.971. The van der Waals surface area contributed by atoms with Gasteiger partial charge in [0, 0.05) is 17.1 Å². The molecule has 0 bridgehead atoms. The van der Waals surface area contributed by atoms with Crippen molar-refractivity contribution in [3.8, 4) is 17.1 Å². The molecule has 4 aromatic rings. The molecule has 0 aliphatic rings. The number of aromatic amines is 1. The highest BCUT2D eigenvalue weighted by Gasteiger charge is 2.14. The van der Waals surface area contributed by atoms with E-state index in [-0.39, 0.29) is 0 Å². The smallest absolute Gasteiger partial charge is 0.182 e. The van der Waals surface area contributed by atoms with Crippen LogP contribution in [0.5, 0.6) is 0 Å². The van der Waals surface area contributed by atoms with E-state index in [1.54, 1.807) is 17.1 Å². The van der Waals surface area contributed by atoms with Gasteiger partial charge in [-0.2, -0.15) is 10.2 Å². The molecule has 0 spiro atoms. The molecule has 7 heteroatoms. The van der Waals surface area contributed by atoms with Gasteiger partial charge >= 0.3 is 0 Å². The Balaban J connectivity index is 1.97. The minimum atomic E-state index is 0.359. The number of fused-ring (bicyclic) bond motifs is 1. The molecule has 0 unspecified atom stereocenters. The number of nitrogen functional groups attached to an aromatic ring is 1. The molecule has 0 atom stereocenters. The number of nitrogens with zero attached hydrogens (tertiary/aromatic N) is 5. The van der Waals surface area contributed by atoms with Crippen molar-refractivity contribution in [2.45, 2.75) is 13.8 Å². The Kier molecular flexibility index (Phi) is 2.87. The van der Waals surface area contributed by atoms with Gasteiger partial charge in [0.15, 0.2) is 5.82 Å².